The Kier molecular flexibility index (Phi) is 0.592. The van der Waals surface area contributed by atoms with Gasteiger partial charge in [-0.2, -0.15) is 0 Å². The summed E-state index contributed by atoms with van der Waals surface area (Å²) in [6.45, 7) is 2.30. The van der Waals surface area contributed by atoms with Gasteiger partial charge in [-0.15, -0.1) is 0 Å². The highest BCUT2D eigenvalue weighted by atomic mass is 16.7. The molecule has 0 aromatic heterocycles. The van der Waals surface area contributed by atoms with Crippen LogP contribution >= 0.6 is 0 Å². The number of hydrogen-bond donors (Lipinski definition) is 1. The first-order chi connectivity index (χ1) is 6.68. The molecule has 0 aromatic rings. The summed E-state index contributed by atoms with van der Waals surface area (Å²) < 4.78 is 6.10. The quantitative estimate of drug-likeness (QED) is 0.613. The highest BCUT2D eigenvalue weighted by Crippen LogP contribution is 2.92. The van der Waals surface area contributed by atoms with Crippen molar-refractivity contribution in [1.29, 1.82) is 0 Å². The maximum atomic E-state index is 10.7. The van der Waals surface area contributed by atoms with Gasteiger partial charge in [-0.1, -0.05) is 0 Å². The topological polar surface area (TPSA) is 29.5 Å². The van der Waals surface area contributed by atoms with Crippen LogP contribution < -0.4 is 0 Å². The maximum absolute atomic E-state index is 10.7. The Hall–Kier alpha value is -0.0800. The van der Waals surface area contributed by atoms with E-state index < -0.39 is 5.79 Å². The Morgan fingerprint density at radius 2 is 1.79 bits per heavy atom. The average molecular weight is 190 g/mol. The summed E-state index contributed by atoms with van der Waals surface area (Å²) in [4.78, 5) is 0. The molecular weight excluding hydrogens is 176 g/mol. The van der Waals surface area contributed by atoms with E-state index in [4.69, 9.17) is 4.74 Å². The lowest BCUT2D eigenvalue weighted by molar-refractivity contribution is -0.208. The van der Waals surface area contributed by atoms with Crippen molar-refractivity contribution < 1.29 is 9.84 Å². The van der Waals surface area contributed by atoms with E-state index >= 15 is 0 Å². The molecule has 4 bridgehead atoms. The molecule has 10 atom stereocenters. The van der Waals surface area contributed by atoms with E-state index in [1.54, 1.807) is 0 Å². The molecule has 2 heterocycles. The lowest BCUT2D eigenvalue weighted by Crippen LogP contribution is -2.50. The number of hydrogen-bond acceptors (Lipinski definition) is 2. The monoisotopic (exact) mass is 190 g/mol. The average Bonchev–Trinajstić information content (AvgIpc) is 2.60. The lowest BCUT2D eigenvalue weighted by Gasteiger charge is -2.45. The Balaban J connectivity index is 1.83. The number of aliphatic hydroxyl groups is 1. The van der Waals surface area contributed by atoms with E-state index in [0.717, 1.165) is 35.5 Å². The van der Waals surface area contributed by atoms with Gasteiger partial charge in [-0.3, -0.25) is 0 Å². The van der Waals surface area contributed by atoms with Gasteiger partial charge in [0, 0.05) is 11.8 Å². The minimum Gasteiger partial charge on any atom is -0.365 e. The van der Waals surface area contributed by atoms with E-state index in [-0.39, 0.29) is 5.60 Å². The molecule has 2 aliphatic heterocycles. The zero-order chi connectivity index (χ0) is 9.03. The molecule has 2 nitrogen and oxygen atoms in total. The highest BCUT2D eigenvalue weighted by Gasteiger charge is 2.96. The predicted octanol–water partition coefficient (Wildman–Crippen LogP) is 0.852. The fraction of sp³-hybridized carbons (Fsp3) is 1.00. The van der Waals surface area contributed by atoms with Crippen molar-refractivity contribution in [2.75, 3.05) is 0 Å². The minimum atomic E-state index is -0.652. The van der Waals surface area contributed by atoms with Crippen molar-refractivity contribution in [2.45, 2.75) is 24.7 Å². The smallest absolute Gasteiger partial charge is 0.173 e. The molecule has 5 aliphatic carbocycles. The number of rotatable bonds is 0. The molecule has 0 spiro atoms. The summed E-state index contributed by atoms with van der Waals surface area (Å²) in [5.74, 6) is 5.57. The van der Waals surface area contributed by atoms with Crippen molar-refractivity contribution in [3.63, 3.8) is 0 Å². The second kappa shape index (κ2) is 1.28. The molecule has 0 amide bonds. The first kappa shape index (κ1) is 6.49. The Morgan fingerprint density at radius 1 is 1.07 bits per heavy atom. The van der Waals surface area contributed by atoms with Crippen molar-refractivity contribution in [1.82, 2.24) is 0 Å². The van der Waals surface area contributed by atoms with E-state index in [9.17, 15) is 5.11 Å². The SMILES string of the molecule is C[C@@]12O[C@@]3(O)[C@@H]4[C@H]5C[C@@H]([C@@H]6[C@@H]5[C@@H]3[C@H]61)[C@H]42. The molecule has 0 radical (unpaired) electrons. The molecule has 1 N–H and O–H groups in total. The van der Waals surface area contributed by atoms with Gasteiger partial charge < -0.3 is 9.84 Å². The standard InChI is InChI=1S/C12H14O2/c1-11-7-3-2-4-6-5(3)9(11)10(6)12(13,14-11)8(4)7/h3-10,13H,2H2,1H3/t3-,4-,5+,6+,7+,8+,9-,10+,11-,12-/m0/s1. The van der Waals surface area contributed by atoms with Gasteiger partial charge >= 0.3 is 0 Å². The molecule has 2 heteroatoms. The number of ether oxygens (including phenoxy) is 1. The molecule has 0 aromatic carbocycles. The summed E-state index contributed by atoms with van der Waals surface area (Å²) >= 11 is 0. The van der Waals surface area contributed by atoms with Crippen molar-refractivity contribution >= 4 is 0 Å². The fourth-order valence-corrected chi connectivity index (χ4v) is 7.54. The summed E-state index contributed by atoms with van der Waals surface area (Å²) in [6, 6.07) is 0. The van der Waals surface area contributed by atoms with Crippen LogP contribution in [0.25, 0.3) is 0 Å². The molecule has 5 saturated carbocycles. The summed E-state index contributed by atoms with van der Waals surface area (Å²) in [5.41, 5.74) is 0.0984. The molecule has 74 valence electrons. The first-order valence-corrected chi connectivity index (χ1v) is 6.10. The van der Waals surface area contributed by atoms with Crippen LogP contribution in [0.3, 0.4) is 0 Å². The third kappa shape index (κ3) is 0.291. The Labute approximate surface area is 82.6 Å². The molecule has 14 heavy (non-hydrogen) atoms. The van der Waals surface area contributed by atoms with Crippen molar-refractivity contribution in [3.05, 3.63) is 0 Å². The van der Waals surface area contributed by atoms with Gasteiger partial charge in [0.25, 0.3) is 0 Å². The van der Waals surface area contributed by atoms with E-state index in [2.05, 4.69) is 6.92 Å². The third-order valence-electron chi connectivity index (χ3n) is 7.17. The predicted molar refractivity (Wildman–Crippen MR) is 47.0 cm³/mol. The van der Waals surface area contributed by atoms with Crippen LogP contribution in [0.2, 0.25) is 0 Å². The molecule has 0 unspecified atom stereocenters. The summed E-state index contributed by atoms with van der Waals surface area (Å²) in [7, 11) is 0. The van der Waals surface area contributed by atoms with Crippen molar-refractivity contribution in [3.8, 4) is 0 Å². The van der Waals surface area contributed by atoms with Crippen LogP contribution in [-0.2, 0) is 4.74 Å². The van der Waals surface area contributed by atoms with Crippen LogP contribution in [0.15, 0.2) is 0 Å². The maximum Gasteiger partial charge on any atom is 0.173 e. The molecule has 7 aliphatic rings. The lowest BCUT2D eigenvalue weighted by atomic mass is 9.57. The van der Waals surface area contributed by atoms with E-state index in [0.29, 0.717) is 11.8 Å². The summed E-state index contributed by atoms with van der Waals surface area (Å²) in [5, 5.41) is 10.7. The third-order valence-corrected chi connectivity index (χ3v) is 7.17. The van der Waals surface area contributed by atoms with Crippen LogP contribution in [-0.4, -0.2) is 16.5 Å². The molecule has 7 fully saturated rings. The van der Waals surface area contributed by atoms with Crippen LogP contribution in [0.1, 0.15) is 13.3 Å². The highest BCUT2D eigenvalue weighted by molar-refractivity contribution is 5.40. The largest absolute Gasteiger partial charge is 0.365 e. The van der Waals surface area contributed by atoms with Gasteiger partial charge in [0.15, 0.2) is 5.79 Å². The van der Waals surface area contributed by atoms with Crippen molar-refractivity contribution in [2.24, 2.45) is 47.3 Å². The second-order valence-electron chi connectivity index (χ2n) is 6.86. The van der Waals surface area contributed by atoms with Gasteiger partial charge in [-0.25, -0.2) is 0 Å². The van der Waals surface area contributed by atoms with Gasteiger partial charge in [0.2, 0.25) is 0 Å². The zero-order valence-corrected chi connectivity index (χ0v) is 8.18. The van der Waals surface area contributed by atoms with Crippen LogP contribution in [0.4, 0.5) is 0 Å². The van der Waals surface area contributed by atoms with Crippen LogP contribution in [0.5, 0.6) is 0 Å². The molecule has 7 rings (SSSR count). The second-order valence-corrected chi connectivity index (χ2v) is 6.86. The van der Waals surface area contributed by atoms with Gasteiger partial charge in [-0.05, 0) is 48.9 Å². The Morgan fingerprint density at radius 3 is 2.64 bits per heavy atom. The normalized spacial score (nSPS) is 93.0. The fourth-order valence-electron chi connectivity index (χ4n) is 7.54. The zero-order valence-electron chi connectivity index (χ0n) is 8.18. The van der Waals surface area contributed by atoms with E-state index in [1.807, 2.05) is 0 Å². The Bertz CT molecular complexity index is 367. The molecular formula is C12H14O2. The first-order valence-electron chi connectivity index (χ1n) is 6.10. The van der Waals surface area contributed by atoms with Gasteiger partial charge in [0.1, 0.15) is 0 Å². The molecule has 2 saturated heterocycles. The minimum absolute atomic E-state index is 0.0984. The van der Waals surface area contributed by atoms with Crippen LogP contribution in [0, 0.1) is 47.3 Å². The van der Waals surface area contributed by atoms with E-state index in [1.165, 1.54) is 6.42 Å². The summed E-state index contributed by atoms with van der Waals surface area (Å²) in [6.07, 6.45) is 1.43. The van der Waals surface area contributed by atoms with Gasteiger partial charge in [0.05, 0.1) is 5.60 Å².